The standard InChI is InChI=1S/C17H28N4O3/c1-3-4-14-9-21(11-16-18-12(2)20-24-16)10-15(14)19-17(22)13-5-7-23-8-6-13/h13-15H,3-11H2,1-2H3,(H,19,22)/t14-,15-/m0/s1. The van der Waals surface area contributed by atoms with Crippen LogP contribution < -0.4 is 5.32 Å². The van der Waals surface area contributed by atoms with Gasteiger partial charge in [-0.2, -0.15) is 4.98 Å². The fourth-order valence-electron chi connectivity index (χ4n) is 3.77. The van der Waals surface area contributed by atoms with Crippen molar-refractivity contribution in [3.63, 3.8) is 0 Å². The molecule has 1 N–H and O–H groups in total. The third kappa shape index (κ3) is 4.33. The minimum Gasteiger partial charge on any atom is -0.381 e. The van der Waals surface area contributed by atoms with Gasteiger partial charge in [-0.25, -0.2) is 0 Å². The average Bonchev–Trinajstić information content (AvgIpc) is 3.15. The van der Waals surface area contributed by atoms with Crippen molar-refractivity contribution in [3.8, 4) is 0 Å². The molecule has 2 fully saturated rings. The molecule has 0 spiro atoms. The quantitative estimate of drug-likeness (QED) is 0.848. The van der Waals surface area contributed by atoms with E-state index in [0.29, 0.717) is 37.4 Å². The zero-order valence-electron chi connectivity index (χ0n) is 14.7. The molecule has 1 amide bonds. The molecule has 0 aliphatic carbocycles. The van der Waals surface area contributed by atoms with Crippen LogP contribution in [0, 0.1) is 18.8 Å². The van der Waals surface area contributed by atoms with E-state index in [2.05, 4.69) is 27.3 Å². The first-order valence-electron chi connectivity index (χ1n) is 9.05. The van der Waals surface area contributed by atoms with Crippen LogP contribution >= 0.6 is 0 Å². The van der Waals surface area contributed by atoms with Crippen LogP contribution in [0.5, 0.6) is 0 Å². The summed E-state index contributed by atoms with van der Waals surface area (Å²) in [6.07, 6.45) is 3.92. The van der Waals surface area contributed by atoms with E-state index in [9.17, 15) is 4.79 Å². The molecule has 3 heterocycles. The Morgan fingerprint density at radius 1 is 1.33 bits per heavy atom. The Labute approximate surface area is 143 Å². The topological polar surface area (TPSA) is 80.5 Å². The average molecular weight is 336 g/mol. The summed E-state index contributed by atoms with van der Waals surface area (Å²) in [5.41, 5.74) is 0. The first kappa shape index (κ1) is 17.4. The van der Waals surface area contributed by atoms with Gasteiger partial charge in [-0.15, -0.1) is 0 Å². The number of carbonyl (C=O) groups excluding carboxylic acids is 1. The SMILES string of the molecule is CCC[C@H]1CN(Cc2nc(C)no2)C[C@@H]1NC(=O)C1CCOCC1. The fourth-order valence-corrected chi connectivity index (χ4v) is 3.77. The number of aromatic nitrogens is 2. The Morgan fingerprint density at radius 2 is 2.12 bits per heavy atom. The Hall–Kier alpha value is -1.47. The summed E-state index contributed by atoms with van der Waals surface area (Å²) in [7, 11) is 0. The predicted octanol–water partition coefficient (Wildman–Crippen LogP) is 1.52. The zero-order valence-corrected chi connectivity index (χ0v) is 14.7. The van der Waals surface area contributed by atoms with Crippen molar-refractivity contribution in [3.05, 3.63) is 11.7 Å². The number of carbonyl (C=O) groups is 1. The third-order valence-corrected chi connectivity index (χ3v) is 5.02. The minimum absolute atomic E-state index is 0.105. The first-order chi connectivity index (χ1) is 11.7. The fraction of sp³-hybridized carbons (Fsp3) is 0.824. The number of nitrogens with zero attached hydrogens (tertiary/aromatic N) is 3. The van der Waals surface area contributed by atoms with E-state index >= 15 is 0 Å². The van der Waals surface area contributed by atoms with Crippen molar-refractivity contribution >= 4 is 5.91 Å². The van der Waals surface area contributed by atoms with Gasteiger partial charge in [-0.05, 0) is 32.1 Å². The number of amides is 1. The molecule has 2 aliphatic rings. The van der Waals surface area contributed by atoms with E-state index in [-0.39, 0.29) is 17.9 Å². The van der Waals surface area contributed by atoms with E-state index in [4.69, 9.17) is 9.26 Å². The van der Waals surface area contributed by atoms with E-state index in [1.54, 1.807) is 0 Å². The second kappa shape index (κ2) is 8.07. The van der Waals surface area contributed by atoms with E-state index < -0.39 is 0 Å². The van der Waals surface area contributed by atoms with Crippen LogP contribution in [0.1, 0.15) is 44.3 Å². The van der Waals surface area contributed by atoms with Gasteiger partial charge in [0.1, 0.15) is 0 Å². The number of aryl methyl sites for hydroxylation is 1. The molecule has 2 saturated heterocycles. The molecule has 7 heteroatoms. The maximum absolute atomic E-state index is 12.5. The molecule has 0 saturated carbocycles. The van der Waals surface area contributed by atoms with Crippen LogP contribution in [-0.2, 0) is 16.1 Å². The van der Waals surface area contributed by atoms with E-state index in [1.165, 1.54) is 0 Å². The molecule has 1 aromatic heterocycles. The van der Waals surface area contributed by atoms with Gasteiger partial charge in [0.25, 0.3) is 0 Å². The van der Waals surface area contributed by atoms with Crippen LogP contribution in [0.4, 0.5) is 0 Å². The number of hydrogen-bond acceptors (Lipinski definition) is 6. The molecular formula is C17H28N4O3. The lowest BCUT2D eigenvalue weighted by molar-refractivity contribution is -0.128. The van der Waals surface area contributed by atoms with Gasteiger partial charge in [0.2, 0.25) is 11.8 Å². The van der Waals surface area contributed by atoms with Gasteiger partial charge in [-0.1, -0.05) is 18.5 Å². The Bertz CT molecular complexity index is 542. The van der Waals surface area contributed by atoms with E-state index in [0.717, 1.165) is 38.8 Å². The smallest absolute Gasteiger partial charge is 0.240 e. The van der Waals surface area contributed by atoms with Gasteiger partial charge in [0, 0.05) is 38.3 Å². The lowest BCUT2D eigenvalue weighted by Gasteiger charge is -2.25. The molecule has 0 unspecified atom stereocenters. The molecule has 1 aromatic rings. The minimum atomic E-state index is 0.105. The lowest BCUT2D eigenvalue weighted by atomic mass is 9.95. The molecule has 0 radical (unpaired) electrons. The normalized spacial score (nSPS) is 25.9. The highest BCUT2D eigenvalue weighted by molar-refractivity contribution is 5.79. The number of likely N-dealkylation sites (tertiary alicyclic amines) is 1. The van der Waals surface area contributed by atoms with Crippen molar-refractivity contribution < 1.29 is 14.1 Å². The maximum Gasteiger partial charge on any atom is 0.240 e. The summed E-state index contributed by atoms with van der Waals surface area (Å²) in [5.74, 6) is 2.11. The molecule has 24 heavy (non-hydrogen) atoms. The summed E-state index contributed by atoms with van der Waals surface area (Å²) in [6, 6.07) is 0.212. The number of nitrogens with one attached hydrogen (secondary N) is 1. The lowest BCUT2D eigenvalue weighted by Crippen LogP contribution is -2.44. The second-order valence-corrected chi connectivity index (χ2v) is 6.98. The Kier molecular flexibility index (Phi) is 5.84. The van der Waals surface area contributed by atoms with Gasteiger partial charge in [0.05, 0.1) is 6.54 Å². The highest BCUT2D eigenvalue weighted by Gasteiger charge is 2.35. The van der Waals surface area contributed by atoms with Gasteiger partial charge >= 0.3 is 0 Å². The molecule has 3 rings (SSSR count). The molecule has 2 atom stereocenters. The monoisotopic (exact) mass is 336 g/mol. The van der Waals surface area contributed by atoms with Crippen LogP contribution in [-0.4, -0.2) is 53.3 Å². The summed E-state index contributed by atoms with van der Waals surface area (Å²) >= 11 is 0. The first-order valence-corrected chi connectivity index (χ1v) is 9.05. The molecule has 2 aliphatic heterocycles. The van der Waals surface area contributed by atoms with Crippen LogP contribution in [0.15, 0.2) is 4.52 Å². The van der Waals surface area contributed by atoms with E-state index in [1.807, 2.05) is 6.92 Å². The molecule has 0 aromatic carbocycles. The van der Waals surface area contributed by atoms with Crippen molar-refractivity contribution in [2.45, 2.75) is 52.1 Å². The van der Waals surface area contributed by atoms with Crippen molar-refractivity contribution in [1.82, 2.24) is 20.4 Å². The molecule has 7 nitrogen and oxygen atoms in total. The Balaban J connectivity index is 1.57. The number of hydrogen-bond donors (Lipinski definition) is 1. The molecule has 134 valence electrons. The van der Waals surface area contributed by atoms with Gasteiger partial charge in [-0.3, -0.25) is 9.69 Å². The number of rotatable bonds is 6. The van der Waals surface area contributed by atoms with Crippen molar-refractivity contribution in [1.29, 1.82) is 0 Å². The summed E-state index contributed by atoms with van der Waals surface area (Å²) < 4.78 is 10.6. The maximum atomic E-state index is 12.5. The third-order valence-electron chi connectivity index (χ3n) is 5.02. The summed E-state index contributed by atoms with van der Waals surface area (Å²) in [6.45, 7) is 7.89. The largest absolute Gasteiger partial charge is 0.381 e. The molecule has 0 bridgehead atoms. The van der Waals surface area contributed by atoms with Crippen LogP contribution in [0.3, 0.4) is 0 Å². The van der Waals surface area contributed by atoms with Crippen LogP contribution in [0.2, 0.25) is 0 Å². The van der Waals surface area contributed by atoms with Crippen LogP contribution in [0.25, 0.3) is 0 Å². The predicted molar refractivity (Wildman–Crippen MR) is 88.2 cm³/mol. The van der Waals surface area contributed by atoms with Crippen molar-refractivity contribution in [2.24, 2.45) is 11.8 Å². The zero-order chi connectivity index (χ0) is 16.9. The highest BCUT2D eigenvalue weighted by Crippen LogP contribution is 2.24. The summed E-state index contributed by atoms with van der Waals surface area (Å²) in [4.78, 5) is 19.1. The van der Waals surface area contributed by atoms with Gasteiger partial charge < -0.3 is 14.6 Å². The highest BCUT2D eigenvalue weighted by atomic mass is 16.5. The number of ether oxygens (including phenoxy) is 1. The van der Waals surface area contributed by atoms with Crippen molar-refractivity contribution in [2.75, 3.05) is 26.3 Å². The second-order valence-electron chi connectivity index (χ2n) is 6.98. The molecular weight excluding hydrogens is 308 g/mol. The van der Waals surface area contributed by atoms with Gasteiger partial charge in [0.15, 0.2) is 5.82 Å². The summed E-state index contributed by atoms with van der Waals surface area (Å²) in [5, 5.41) is 7.15. The Morgan fingerprint density at radius 3 is 2.79 bits per heavy atom.